The molecule has 5 heteroatoms. The van der Waals surface area contributed by atoms with Crippen molar-refractivity contribution in [2.75, 3.05) is 6.54 Å². The third-order valence-electron chi connectivity index (χ3n) is 3.51. The van der Waals surface area contributed by atoms with Gasteiger partial charge in [0.15, 0.2) is 0 Å². The van der Waals surface area contributed by atoms with Gasteiger partial charge in [-0.15, -0.1) is 0 Å². The van der Waals surface area contributed by atoms with E-state index < -0.39 is 0 Å². The molecule has 0 atom stereocenters. The minimum atomic E-state index is 0.378. The molecule has 114 valence electrons. The van der Waals surface area contributed by atoms with Crippen LogP contribution in [0.5, 0.6) is 5.75 Å². The van der Waals surface area contributed by atoms with Crippen LogP contribution in [-0.4, -0.2) is 16.1 Å². The Kier molecular flexibility index (Phi) is 4.61. The van der Waals surface area contributed by atoms with E-state index in [1.807, 2.05) is 42.5 Å². The maximum Gasteiger partial charge on any atom is 0.148 e. The van der Waals surface area contributed by atoms with Gasteiger partial charge < -0.3 is 15.0 Å². The predicted molar refractivity (Wildman–Crippen MR) is 89.2 cm³/mol. The molecular formula is C17H18ClN3O. The lowest BCUT2D eigenvalue weighted by atomic mass is 10.3. The van der Waals surface area contributed by atoms with Gasteiger partial charge in [0.25, 0.3) is 0 Å². The molecule has 0 unspecified atom stereocenters. The zero-order valence-corrected chi connectivity index (χ0v) is 13.0. The van der Waals surface area contributed by atoms with Crippen molar-refractivity contribution in [2.45, 2.75) is 19.6 Å². The minimum absolute atomic E-state index is 0.378. The van der Waals surface area contributed by atoms with Crippen LogP contribution in [-0.2, 0) is 13.2 Å². The van der Waals surface area contributed by atoms with Crippen molar-refractivity contribution in [1.82, 2.24) is 9.55 Å². The fourth-order valence-corrected chi connectivity index (χ4v) is 2.63. The molecule has 0 amide bonds. The van der Waals surface area contributed by atoms with Crippen molar-refractivity contribution in [3.63, 3.8) is 0 Å². The Morgan fingerprint density at radius 3 is 2.68 bits per heavy atom. The van der Waals surface area contributed by atoms with Crippen LogP contribution in [0.3, 0.4) is 0 Å². The number of ether oxygens (including phenoxy) is 1. The van der Waals surface area contributed by atoms with Crippen LogP contribution in [0.2, 0.25) is 5.02 Å². The Labute approximate surface area is 134 Å². The van der Waals surface area contributed by atoms with Crippen LogP contribution in [0.15, 0.2) is 48.5 Å². The number of aromatic nitrogens is 2. The van der Waals surface area contributed by atoms with Crippen molar-refractivity contribution in [1.29, 1.82) is 0 Å². The second-order valence-electron chi connectivity index (χ2n) is 5.03. The Bertz CT molecular complexity index is 769. The van der Waals surface area contributed by atoms with E-state index in [4.69, 9.17) is 22.1 Å². The molecule has 0 radical (unpaired) electrons. The van der Waals surface area contributed by atoms with Gasteiger partial charge >= 0.3 is 0 Å². The molecule has 0 aliphatic rings. The van der Waals surface area contributed by atoms with Crippen LogP contribution in [0.25, 0.3) is 11.0 Å². The highest BCUT2D eigenvalue weighted by Crippen LogP contribution is 2.25. The number of nitrogens with zero attached hydrogens (tertiary/aromatic N) is 2. The molecule has 2 N–H and O–H groups in total. The summed E-state index contributed by atoms with van der Waals surface area (Å²) in [6.45, 7) is 1.86. The molecule has 0 bridgehead atoms. The number of imidazole rings is 1. The van der Waals surface area contributed by atoms with E-state index >= 15 is 0 Å². The molecule has 0 aliphatic carbocycles. The first-order chi connectivity index (χ1) is 10.8. The summed E-state index contributed by atoms with van der Waals surface area (Å²) >= 11 is 6.12. The molecule has 1 aromatic heterocycles. The first-order valence-electron chi connectivity index (χ1n) is 7.31. The Hall–Kier alpha value is -2.04. The van der Waals surface area contributed by atoms with E-state index in [0.29, 0.717) is 23.9 Å². The molecular weight excluding hydrogens is 298 g/mol. The average Bonchev–Trinajstić information content (AvgIpc) is 2.90. The average molecular weight is 316 g/mol. The van der Waals surface area contributed by atoms with E-state index in [1.165, 1.54) is 0 Å². The molecule has 2 aromatic carbocycles. The highest BCUT2D eigenvalue weighted by molar-refractivity contribution is 6.32. The summed E-state index contributed by atoms with van der Waals surface area (Å²) in [5.41, 5.74) is 7.72. The second-order valence-corrected chi connectivity index (χ2v) is 5.44. The summed E-state index contributed by atoms with van der Waals surface area (Å²) < 4.78 is 7.99. The van der Waals surface area contributed by atoms with Crippen molar-refractivity contribution in [2.24, 2.45) is 5.73 Å². The number of hydrogen-bond donors (Lipinski definition) is 1. The fourth-order valence-electron chi connectivity index (χ4n) is 2.44. The predicted octanol–water partition coefficient (Wildman–Crippen LogP) is 3.62. The van der Waals surface area contributed by atoms with E-state index in [2.05, 4.69) is 15.6 Å². The summed E-state index contributed by atoms with van der Waals surface area (Å²) in [5, 5.41) is 0.604. The number of benzene rings is 2. The normalized spacial score (nSPS) is 11.0. The highest BCUT2D eigenvalue weighted by atomic mass is 35.5. The third-order valence-corrected chi connectivity index (χ3v) is 3.83. The van der Waals surface area contributed by atoms with Gasteiger partial charge in [-0.25, -0.2) is 4.98 Å². The van der Waals surface area contributed by atoms with Crippen molar-refractivity contribution in [3.05, 3.63) is 59.4 Å². The lowest BCUT2D eigenvalue weighted by Crippen LogP contribution is -2.10. The second kappa shape index (κ2) is 6.81. The van der Waals surface area contributed by atoms with Gasteiger partial charge in [-0.05, 0) is 37.2 Å². The Morgan fingerprint density at radius 1 is 1.09 bits per heavy atom. The standard InChI is InChI=1S/C17H18ClN3O/c18-13-6-1-4-9-16(13)22-12-17-20-14-7-2-3-8-15(14)21(17)11-5-10-19/h1-4,6-9H,5,10-12,19H2. The quantitative estimate of drug-likeness (QED) is 0.756. The van der Waals surface area contributed by atoms with E-state index in [9.17, 15) is 0 Å². The number of hydrogen-bond acceptors (Lipinski definition) is 3. The summed E-state index contributed by atoms with van der Waals surface area (Å²) in [6, 6.07) is 15.5. The van der Waals surface area contributed by atoms with Gasteiger partial charge in [-0.2, -0.15) is 0 Å². The molecule has 0 saturated carbocycles. The molecule has 22 heavy (non-hydrogen) atoms. The largest absolute Gasteiger partial charge is 0.484 e. The maximum atomic E-state index is 6.12. The van der Waals surface area contributed by atoms with Crippen LogP contribution in [0.4, 0.5) is 0 Å². The van der Waals surface area contributed by atoms with E-state index in [-0.39, 0.29) is 0 Å². The van der Waals surface area contributed by atoms with Crippen LogP contribution >= 0.6 is 11.6 Å². The molecule has 0 spiro atoms. The smallest absolute Gasteiger partial charge is 0.148 e. The molecule has 3 aromatic rings. The van der Waals surface area contributed by atoms with Gasteiger partial charge in [0, 0.05) is 6.54 Å². The highest BCUT2D eigenvalue weighted by Gasteiger charge is 2.11. The van der Waals surface area contributed by atoms with Gasteiger partial charge in [-0.3, -0.25) is 0 Å². The number of rotatable bonds is 6. The summed E-state index contributed by atoms with van der Waals surface area (Å²) in [7, 11) is 0. The summed E-state index contributed by atoms with van der Waals surface area (Å²) in [4.78, 5) is 4.66. The van der Waals surface area contributed by atoms with Gasteiger partial charge in [-0.1, -0.05) is 35.9 Å². The monoisotopic (exact) mass is 315 g/mol. The van der Waals surface area contributed by atoms with Crippen molar-refractivity contribution < 1.29 is 4.74 Å². The topological polar surface area (TPSA) is 53.1 Å². The Morgan fingerprint density at radius 2 is 1.86 bits per heavy atom. The molecule has 0 saturated heterocycles. The number of fused-ring (bicyclic) bond motifs is 1. The lowest BCUT2D eigenvalue weighted by molar-refractivity contribution is 0.290. The maximum absolute atomic E-state index is 6.12. The van der Waals surface area contributed by atoms with Gasteiger partial charge in [0.1, 0.15) is 18.2 Å². The number of halogens is 1. The van der Waals surface area contributed by atoms with Gasteiger partial charge in [0.2, 0.25) is 0 Å². The Balaban J connectivity index is 1.87. The third kappa shape index (κ3) is 3.08. The summed E-state index contributed by atoms with van der Waals surface area (Å²) in [5.74, 6) is 1.55. The first-order valence-corrected chi connectivity index (χ1v) is 7.69. The van der Waals surface area contributed by atoms with Crippen LogP contribution < -0.4 is 10.5 Å². The molecule has 0 aliphatic heterocycles. The minimum Gasteiger partial charge on any atom is -0.484 e. The fraction of sp³-hybridized carbons (Fsp3) is 0.235. The molecule has 0 fully saturated rings. The summed E-state index contributed by atoms with van der Waals surface area (Å²) in [6.07, 6.45) is 0.902. The van der Waals surface area contributed by atoms with Gasteiger partial charge in [0.05, 0.1) is 16.1 Å². The molecule has 3 rings (SSSR count). The molecule has 1 heterocycles. The zero-order chi connectivity index (χ0) is 15.4. The van der Waals surface area contributed by atoms with E-state index in [0.717, 1.165) is 29.8 Å². The first kappa shape index (κ1) is 14.9. The van der Waals surface area contributed by atoms with E-state index in [1.54, 1.807) is 0 Å². The lowest BCUT2D eigenvalue weighted by Gasteiger charge is -2.10. The van der Waals surface area contributed by atoms with Crippen LogP contribution in [0.1, 0.15) is 12.2 Å². The SMILES string of the molecule is NCCCn1c(COc2ccccc2Cl)nc2ccccc21. The zero-order valence-electron chi connectivity index (χ0n) is 12.2. The van der Waals surface area contributed by atoms with Crippen molar-refractivity contribution in [3.8, 4) is 5.75 Å². The van der Waals surface area contributed by atoms with Crippen LogP contribution in [0, 0.1) is 0 Å². The molecule has 4 nitrogen and oxygen atoms in total. The number of nitrogens with two attached hydrogens (primary N) is 1. The van der Waals surface area contributed by atoms with Crippen molar-refractivity contribution >= 4 is 22.6 Å². The number of aryl methyl sites for hydroxylation is 1. The number of para-hydroxylation sites is 3.